The molecule has 0 radical (unpaired) electrons. The van der Waals surface area contributed by atoms with Crippen molar-refractivity contribution in [2.45, 2.75) is 19.3 Å². The second-order valence-electron chi connectivity index (χ2n) is 6.22. The first-order valence-electron chi connectivity index (χ1n) is 8.42. The molecule has 1 aromatic heterocycles. The minimum Gasteiger partial charge on any atom is -0.323 e. The zero-order valence-electron chi connectivity index (χ0n) is 14.1. The number of carbonyl (C=O) groups excluding carboxylic acids is 1. The van der Waals surface area contributed by atoms with E-state index >= 15 is 0 Å². The van der Waals surface area contributed by atoms with Gasteiger partial charge in [-0.3, -0.25) is 10.1 Å². The molecule has 0 bridgehead atoms. The van der Waals surface area contributed by atoms with Crippen molar-refractivity contribution in [1.82, 2.24) is 5.32 Å². The molecule has 0 spiro atoms. The number of amides is 1. The molecule has 7 heteroatoms. The number of benzene rings is 2. The van der Waals surface area contributed by atoms with E-state index in [9.17, 15) is 10.1 Å². The first-order valence-corrected chi connectivity index (χ1v) is 10.0. The molecule has 1 aliphatic rings. The fraction of sp³-hybridized carbons (Fsp3) is 0.150. The molecule has 0 aliphatic heterocycles. The Hall–Kier alpha value is -2.46. The van der Waals surface area contributed by atoms with Crippen LogP contribution in [0.5, 0.6) is 0 Å². The lowest BCUT2D eigenvalue weighted by molar-refractivity contribution is 0.0979. The van der Waals surface area contributed by atoms with Gasteiger partial charge in [0, 0.05) is 20.8 Å². The number of aryl methyl sites for hydroxylation is 1. The maximum atomic E-state index is 12.7. The highest BCUT2D eigenvalue weighted by Gasteiger charge is 2.23. The van der Waals surface area contributed by atoms with Crippen LogP contribution in [0, 0.1) is 11.3 Å². The summed E-state index contributed by atoms with van der Waals surface area (Å²) in [5.74, 6) is -0.317. The molecule has 4 rings (SSSR count). The standard InChI is InChI=1S/C20H14ClN3OS2/c21-16-8-2-4-11-12(16)5-1-7-14(11)18(25)23-20(26)24-19-15(10-22)13-6-3-9-17(13)27-19/h1-2,4-5,7-8H,3,6,9H2,(H2,23,24,25,26). The smallest absolute Gasteiger partial charge is 0.258 e. The van der Waals surface area contributed by atoms with Crippen molar-refractivity contribution in [3.8, 4) is 6.07 Å². The maximum Gasteiger partial charge on any atom is 0.258 e. The number of hydrogen-bond donors (Lipinski definition) is 2. The predicted molar refractivity (Wildman–Crippen MR) is 114 cm³/mol. The van der Waals surface area contributed by atoms with Gasteiger partial charge in [-0.25, -0.2) is 0 Å². The van der Waals surface area contributed by atoms with Gasteiger partial charge in [-0.05, 0) is 54.6 Å². The second-order valence-corrected chi connectivity index (χ2v) is 8.14. The summed E-state index contributed by atoms with van der Waals surface area (Å²) in [5.41, 5.74) is 2.25. The van der Waals surface area contributed by atoms with E-state index in [4.69, 9.17) is 23.8 Å². The van der Waals surface area contributed by atoms with Crippen LogP contribution in [0.25, 0.3) is 10.8 Å². The van der Waals surface area contributed by atoms with Crippen molar-refractivity contribution in [2.75, 3.05) is 5.32 Å². The Bertz CT molecular complexity index is 1130. The molecule has 2 N–H and O–H groups in total. The Labute approximate surface area is 170 Å². The summed E-state index contributed by atoms with van der Waals surface area (Å²) < 4.78 is 0. The van der Waals surface area contributed by atoms with Crippen molar-refractivity contribution in [1.29, 1.82) is 5.26 Å². The number of halogens is 1. The summed E-state index contributed by atoms with van der Waals surface area (Å²) in [4.78, 5) is 13.9. The summed E-state index contributed by atoms with van der Waals surface area (Å²) in [7, 11) is 0. The molecule has 27 heavy (non-hydrogen) atoms. The highest BCUT2D eigenvalue weighted by Crippen LogP contribution is 2.38. The Kier molecular flexibility index (Phi) is 4.83. The quantitative estimate of drug-likeness (QED) is 0.579. The predicted octanol–water partition coefficient (Wildman–Crippen LogP) is 5.04. The molecular weight excluding hydrogens is 398 g/mol. The van der Waals surface area contributed by atoms with Gasteiger partial charge in [0.05, 0.1) is 5.56 Å². The third kappa shape index (κ3) is 3.30. The van der Waals surface area contributed by atoms with Gasteiger partial charge in [0.1, 0.15) is 11.1 Å². The van der Waals surface area contributed by atoms with E-state index in [1.54, 1.807) is 18.2 Å². The second kappa shape index (κ2) is 7.28. The van der Waals surface area contributed by atoms with Crippen LogP contribution in [-0.4, -0.2) is 11.0 Å². The minimum atomic E-state index is -0.317. The van der Waals surface area contributed by atoms with E-state index in [1.807, 2.05) is 18.2 Å². The average molecular weight is 412 g/mol. The number of thiophene rings is 1. The van der Waals surface area contributed by atoms with Crippen LogP contribution in [0.2, 0.25) is 5.02 Å². The number of hydrogen-bond acceptors (Lipinski definition) is 4. The van der Waals surface area contributed by atoms with Crippen molar-refractivity contribution in [3.05, 3.63) is 63.0 Å². The fourth-order valence-electron chi connectivity index (χ4n) is 3.39. The topological polar surface area (TPSA) is 64.9 Å². The number of anilines is 1. The van der Waals surface area contributed by atoms with Gasteiger partial charge in [-0.2, -0.15) is 5.26 Å². The fourth-order valence-corrected chi connectivity index (χ4v) is 5.13. The van der Waals surface area contributed by atoms with Crippen molar-refractivity contribution in [3.63, 3.8) is 0 Å². The van der Waals surface area contributed by atoms with Gasteiger partial charge >= 0.3 is 0 Å². The van der Waals surface area contributed by atoms with E-state index in [0.29, 0.717) is 21.2 Å². The highest BCUT2D eigenvalue weighted by atomic mass is 35.5. The van der Waals surface area contributed by atoms with Gasteiger partial charge in [0.15, 0.2) is 5.11 Å². The van der Waals surface area contributed by atoms with Gasteiger partial charge in [-0.1, -0.05) is 35.9 Å². The Morgan fingerprint density at radius 2 is 1.96 bits per heavy atom. The van der Waals surface area contributed by atoms with E-state index < -0.39 is 0 Å². The lowest BCUT2D eigenvalue weighted by Gasteiger charge is -2.11. The molecular formula is C20H14ClN3OS2. The average Bonchev–Trinajstić information content (AvgIpc) is 3.22. The molecule has 1 aliphatic carbocycles. The van der Waals surface area contributed by atoms with Gasteiger partial charge in [0.2, 0.25) is 0 Å². The highest BCUT2D eigenvalue weighted by molar-refractivity contribution is 7.80. The molecule has 0 unspecified atom stereocenters. The lowest BCUT2D eigenvalue weighted by Crippen LogP contribution is -2.34. The summed E-state index contributed by atoms with van der Waals surface area (Å²) in [6.07, 6.45) is 3.00. The van der Waals surface area contributed by atoms with Crippen LogP contribution < -0.4 is 10.6 Å². The van der Waals surface area contributed by atoms with Gasteiger partial charge in [-0.15, -0.1) is 11.3 Å². The number of fused-ring (bicyclic) bond motifs is 2. The Morgan fingerprint density at radius 1 is 1.19 bits per heavy atom. The third-order valence-electron chi connectivity index (χ3n) is 4.60. The molecule has 0 atom stereocenters. The van der Waals surface area contributed by atoms with E-state index in [2.05, 4.69) is 16.7 Å². The molecule has 134 valence electrons. The number of thiocarbonyl (C=S) groups is 1. The normalized spacial score (nSPS) is 12.4. The van der Waals surface area contributed by atoms with E-state index in [1.165, 1.54) is 16.2 Å². The number of nitriles is 1. The molecule has 1 amide bonds. The molecule has 1 heterocycles. The number of nitrogens with zero attached hydrogens (tertiary/aromatic N) is 1. The molecule has 0 saturated heterocycles. The first kappa shape index (κ1) is 17.9. The van der Waals surface area contributed by atoms with Crippen LogP contribution in [0.15, 0.2) is 36.4 Å². The summed E-state index contributed by atoms with van der Waals surface area (Å²) in [6, 6.07) is 13.1. The van der Waals surface area contributed by atoms with E-state index in [-0.39, 0.29) is 11.0 Å². The van der Waals surface area contributed by atoms with Gasteiger partial charge in [0.25, 0.3) is 5.91 Å². The summed E-state index contributed by atoms with van der Waals surface area (Å²) in [6.45, 7) is 0. The first-order chi connectivity index (χ1) is 13.1. The summed E-state index contributed by atoms with van der Waals surface area (Å²) in [5, 5.41) is 18.2. The molecule has 0 saturated carbocycles. The number of nitrogens with one attached hydrogen (secondary N) is 2. The van der Waals surface area contributed by atoms with Gasteiger partial charge < -0.3 is 5.32 Å². The SMILES string of the molecule is N#Cc1c(NC(=S)NC(=O)c2cccc3c(Cl)cccc23)sc2c1CCC2. The summed E-state index contributed by atoms with van der Waals surface area (Å²) >= 11 is 13.1. The van der Waals surface area contributed by atoms with Crippen LogP contribution >= 0.6 is 35.2 Å². The zero-order valence-corrected chi connectivity index (χ0v) is 16.5. The van der Waals surface area contributed by atoms with Crippen LogP contribution in [0.1, 0.15) is 32.8 Å². The monoisotopic (exact) mass is 411 g/mol. The van der Waals surface area contributed by atoms with Crippen LogP contribution in [0.4, 0.5) is 5.00 Å². The van der Waals surface area contributed by atoms with Crippen molar-refractivity contribution < 1.29 is 4.79 Å². The Morgan fingerprint density at radius 3 is 2.78 bits per heavy atom. The minimum absolute atomic E-state index is 0.176. The maximum absolute atomic E-state index is 12.7. The van der Waals surface area contributed by atoms with Crippen LogP contribution in [0.3, 0.4) is 0 Å². The van der Waals surface area contributed by atoms with Crippen molar-refractivity contribution >= 4 is 61.9 Å². The molecule has 4 nitrogen and oxygen atoms in total. The molecule has 0 fully saturated rings. The largest absolute Gasteiger partial charge is 0.323 e. The van der Waals surface area contributed by atoms with Crippen molar-refractivity contribution in [2.24, 2.45) is 0 Å². The lowest BCUT2D eigenvalue weighted by atomic mass is 10.0. The Balaban J connectivity index is 1.55. The van der Waals surface area contributed by atoms with E-state index in [0.717, 1.165) is 35.6 Å². The number of carbonyl (C=O) groups is 1. The number of rotatable bonds is 2. The molecule has 3 aromatic rings. The van der Waals surface area contributed by atoms with Crippen LogP contribution in [-0.2, 0) is 12.8 Å². The molecule has 2 aromatic carbocycles. The third-order valence-corrected chi connectivity index (χ3v) is 6.34. The zero-order chi connectivity index (χ0) is 19.0.